The van der Waals surface area contributed by atoms with E-state index in [0.717, 1.165) is 17.1 Å². The van der Waals surface area contributed by atoms with Gasteiger partial charge in [0, 0.05) is 27.4 Å². The zero-order chi connectivity index (χ0) is 15.1. The van der Waals surface area contributed by atoms with Gasteiger partial charge in [0.2, 0.25) is 0 Å². The molecule has 0 aromatic heterocycles. The minimum Gasteiger partial charge on any atom is -0.457 e. The van der Waals surface area contributed by atoms with Crippen LogP contribution in [-0.4, -0.2) is 30.1 Å². The Kier molecular flexibility index (Phi) is 5.52. The first kappa shape index (κ1) is 15.7. The molecule has 0 saturated carbocycles. The van der Waals surface area contributed by atoms with E-state index >= 15 is 0 Å². The molecule has 0 unspecified atom stereocenters. The topological polar surface area (TPSA) is 36.9 Å². The Bertz CT molecular complexity index is 530. The van der Waals surface area contributed by atoms with E-state index in [-0.39, 0.29) is 0 Å². The van der Waals surface area contributed by atoms with Gasteiger partial charge in [-0.05, 0) is 29.8 Å². The van der Waals surface area contributed by atoms with Crippen LogP contribution in [0.15, 0.2) is 54.6 Å². The van der Waals surface area contributed by atoms with Crippen molar-refractivity contribution in [2.24, 2.45) is 0 Å². The third-order valence-electron chi connectivity index (χ3n) is 3.26. The van der Waals surface area contributed by atoms with Crippen LogP contribution in [0.1, 0.15) is 5.56 Å². The molecule has 0 N–H and O–H groups in total. The van der Waals surface area contributed by atoms with Crippen LogP contribution in [0, 0.1) is 0 Å². The highest BCUT2D eigenvalue weighted by Crippen LogP contribution is 2.22. The molecule has 0 aliphatic heterocycles. The van der Waals surface area contributed by atoms with E-state index in [1.165, 1.54) is 0 Å². The van der Waals surface area contributed by atoms with Crippen molar-refractivity contribution in [2.75, 3.05) is 21.3 Å². The second-order valence-corrected chi connectivity index (χ2v) is 7.48. The quantitative estimate of drug-likeness (QED) is 0.734. The fourth-order valence-electron chi connectivity index (χ4n) is 2.02. The summed E-state index contributed by atoms with van der Waals surface area (Å²) in [6.07, 6.45) is 0. The van der Waals surface area contributed by atoms with Gasteiger partial charge in [-0.3, -0.25) is 0 Å². The van der Waals surface area contributed by atoms with E-state index in [1.807, 2.05) is 54.6 Å². The van der Waals surface area contributed by atoms with Crippen LogP contribution < -0.4 is 4.74 Å². The molecular weight excluding hydrogens is 284 g/mol. The monoisotopic (exact) mass is 304 g/mol. The maximum absolute atomic E-state index is 5.76. The highest BCUT2D eigenvalue weighted by molar-refractivity contribution is 6.60. The van der Waals surface area contributed by atoms with Gasteiger partial charge in [0.15, 0.2) is 0 Å². The summed E-state index contributed by atoms with van der Waals surface area (Å²) in [7, 11) is 2.26. The third-order valence-corrected chi connectivity index (χ3v) is 5.96. The molecule has 0 heterocycles. The highest BCUT2D eigenvalue weighted by atomic mass is 28.4. The Morgan fingerprint density at radius 2 is 1.24 bits per heavy atom. The number of hydrogen-bond acceptors (Lipinski definition) is 4. The number of para-hydroxylation sites is 1. The Hall–Kier alpha value is -1.66. The van der Waals surface area contributed by atoms with Crippen LogP contribution in [0.3, 0.4) is 0 Å². The maximum Gasteiger partial charge on any atom is 0.504 e. The van der Waals surface area contributed by atoms with E-state index < -0.39 is 8.80 Å². The van der Waals surface area contributed by atoms with Crippen LogP contribution >= 0.6 is 0 Å². The summed E-state index contributed by atoms with van der Waals surface area (Å²) in [5.41, 5.74) is 1.09. The Morgan fingerprint density at radius 3 is 1.76 bits per heavy atom. The predicted molar refractivity (Wildman–Crippen MR) is 83.4 cm³/mol. The Balaban J connectivity index is 2.05. The smallest absolute Gasteiger partial charge is 0.457 e. The van der Waals surface area contributed by atoms with Crippen molar-refractivity contribution in [1.82, 2.24) is 0 Å². The lowest BCUT2D eigenvalue weighted by Crippen LogP contribution is -2.45. The molecular formula is C16H20O4Si. The second kappa shape index (κ2) is 7.38. The lowest BCUT2D eigenvalue weighted by molar-refractivity contribution is 0.122. The maximum atomic E-state index is 5.76. The molecule has 2 aromatic rings. The van der Waals surface area contributed by atoms with Crippen molar-refractivity contribution in [3.8, 4) is 11.5 Å². The van der Waals surface area contributed by atoms with Gasteiger partial charge in [-0.1, -0.05) is 30.3 Å². The number of hydrogen-bond donors (Lipinski definition) is 0. The van der Waals surface area contributed by atoms with Crippen LogP contribution in [-0.2, 0) is 19.3 Å². The lowest BCUT2D eigenvalue weighted by Gasteiger charge is -2.24. The average Bonchev–Trinajstić information content (AvgIpc) is 2.55. The molecule has 0 amide bonds. The average molecular weight is 304 g/mol. The number of ether oxygens (including phenoxy) is 1. The molecule has 0 aliphatic carbocycles. The number of benzene rings is 2. The summed E-state index contributed by atoms with van der Waals surface area (Å²) in [6, 6.07) is 18.2. The first-order chi connectivity index (χ1) is 10.2. The zero-order valence-electron chi connectivity index (χ0n) is 12.5. The minimum atomic E-state index is -2.59. The summed E-state index contributed by atoms with van der Waals surface area (Å²) in [6.45, 7) is 0. The van der Waals surface area contributed by atoms with Crippen molar-refractivity contribution in [1.29, 1.82) is 0 Å². The Morgan fingerprint density at radius 1 is 0.714 bits per heavy atom. The summed E-state index contributed by atoms with van der Waals surface area (Å²) in [5, 5.41) is 0. The van der Waals surface area contributed by atoms with E-state index in [0.29, 0.717) is 6.04 Å². The van der Waals surface area contributed by atoms with Crippen molar-refractivity contribution >= 4 is 8.80 Å². The molecule has 0 aliphatic rings. The molecule has 0 bridgehead atoms. The summed E-state index contributed by atoms with van der Waals surface area (Å²) < 4.78 is 22.0. The fourth-order valence-corrected chi connectivity index (χ4v) is 3.69. The molecule has 0 atom stereocenters. The molecule has 112 valence electrons. The van der Waals surface area contributed by atoms with E-state index in [2.05, 4.69) is 0 Å². The SMILES string of the molecule is CO[Si](Cc1ccc(Oc2ccccc2)cc1)(OC)OC. The van der Waals surface area contributed by atoms with Crippen LogP contribution in [0.4, 0.5) is 0 Å². The molecule has 2 aromatic carbocycles. The van der Waals surface area contributed by atoms with E-state index in [1.54, 1.807) is 21.3 Å². The highest BCUT2D eigenvalue weighted by Gasteiger charge is 2.37. The van der Waals surface area contributed by atoms with Crippen molar-refractivity contribution in [3.63, 3.8) is 0 Å². The third kappa shape index (κ3) is 4.15. The Labute approximate surface area is 126 Å². The summed E-state index contributed by atoms with van der Waals surface area (Å²) >= 11 is 0. The molecule has 21 heavy (non-hydrogen) atoms. The first-order valence-corrected chi connectivity index (χ1v) is 8.62. The standard InChI is InChI=1S/C16H20O4Si/c1-17-21(18-2,19-3)13-14-9-11-16(12-10-14)20-15-7-5-4-6-8-15/h4-12H,13H2,1-3H3. The number of rotatable bonds is 7. The first-order valence-electron chi connectivity index (χ1n) is 6.68. The molecule has 2 rings (SSSR count). The van der Waals surface area contributed by atoms with Crippen molar-refractivity contribution < 1.29 is 18.0 Å². The normalized spacial score (nSPS) is 11.4. The van der Waals surface area contributed by atoms with Gasteiger partial charge in [0.25, 0.3) is 0 Å². The zero-order valence-corrected chi connectivity index (χ0v) is 13.5. The van der Waals surface area contributed by atoms with Crippen LogP contribution in [0.2, 0.25) is 0 Å². The van der Waals surface area contributed by atoms with Gasteiger partial charge >= 0.3 is 8.80 Å². The molecule has 0 fully saturated rings. The van der Waals surface area contributed by atoms with Crippen LogP contribution in [0.5, 0.6) is 11.5 Å². The molecule has 0 spiro atoms. The van der Waals surface area contributed by atoms with E-state index in [4.69, 9.17) is 18.0 Å². The summed E-state index contributed by atoms with van der Waals surface area (Å²) in [5.74, 6) is 1.61. The molecule has 0 radical (unpaired) electrons. The van der Waals surface area contributed by atoms with Gasteiger partial charge in [-0.2, -0.15) is 0 Å². The van der Waals surface area contributed by atoms with Crippen molar-refractivity contribution in [2.45, 2.75) is 6.04 Å². The van der Waals surface area contributed by atoms with Gasteiger partial charge in [0.1, 0.15) is 11.5 Å². The largest absolute Gasteiger partial charge is 0.504 e. The van der Waals surface area contributed by atoms with Gasteiger partial charge in [-0.25, -0.2) is 0 Å². The summed E-state index contributed by atoms with van der Waals surface area (Å²) in [4.78, 5) is 0. The molecule has 4 nitrogen and oxygen atoms in total. The predicted octanol–water partition coefficient (Wildman–Crippen LogP) is 3.44. The van der Waals surface area contributed by atoms with Gasteiger partial charge in [-0.15, -0.1) is 0 Å². The minimum absolute atomic E-state index is 0.627. The second-order valence-electron chi connectivity index (χ2n) is 4.53. The lowest BCUT2D eigenvalue weighted by atomic mass is 10.2. The van der Waals surface area contributed by atoms with Gasteiger partial charge < -0.3 is 18.0 Å². The molecule has 0 saturated heterocycles. The molecule has 5 heteroatoms. The van der Waals surface area contributed by atoms with Crippen LogP contribution in [0.25, 0.3) is 0 Å². The van der Waals surface area contributed by atoms with Gasteiger partial charge in [0.05, 0.1) is 0 Å². The van der Waals surface area contributed by atoms with E-state index in [9.17, 15) is 0 Å². The van der Waals surface area contributed by atoms with Crippen molar-refractivity contribution in [3.05, 3.63) is 60.2 Å². The fraction of sp³-hybridized carbons (Fsp3) is 0.250.